The predicted octanol–water partition coefficient (Wildman–Crippen LogP) is 4.04. The Morgan fingerprint density at radius 2 is 1.91 bits per heavy atom. The normalized spacial score (nSPS) is 15.0. The van der Waals surface area contributed by atoms with E-state index in [1.165, 1.54) is 4.70 Å². The van der Waals surface area contributed by atoms with Crippen molar-refractivity contribution in [3.63, 3.8) is 0 Å². The van der Waals surface area contributed by atoms with Gasteiger partial charge in [-0.3, -0.25) is 9.79 Å². The van der Waals surface area contributed by atoms with Crippen molar-refractivity contribution in [2.24, 2.45) is 4.99 Å². The fourth-order valence-electron chi connectivity index (χ4n) is 3.82. The Labute approximate surface area is 209 Å². The largest absolute Gasteiger partial charge is 0.386 e. The molecular formula is C24H29IN4O2S. The van der Waals surface area contributed by atoms with Gasteiger partial charge in [0.25, 0.3) is 0 Å². The molecule has 32 heavy (non-hydrogen) atoms. The van der Waals surface area contributed by atoms with Crippen LogP contribution in [0.5, 0.6) is 0 Å². The zero-order valence-corrected chi connectivity index (χ0v) is 21.2. The number of hydrogen-bond acceptors (Lipinski definition) is 4. The van der Waals surface area contributed by atoms with Crippen molar-refractivity contribution < 1.29 is 9.90 Å². The lowest BCUT2D eigenvalue weighted by Gasteiger charge is -2.19. The topological polar surface area (TPSA) is 77.0 Å². The Kier molecular flexibility index (Phi) is 8.89. The van der Waals surface area contributed by atoms with Crippen LogP contribution in [0.25, 0.3) is 10.1 Å². The first-order valence-electron chi connectivity index (χ1n) is 10.6. The number of nitrogens with zero attached hydrogens (tertiary/aromatic N) is 2. The van der Waals surface area contributed by atoms with Crippen molar-refractivity contribution in [3.8, 4) is 0 Å². The van der Waals surface area contributed by atoms with E-state index in [4.69, 9.17) is 0 Å². The molecular weight excluding hydrogens is 535 g/mol. The SMILES string of the molecule is CN=C(NCc1ccccc1CN1CCCC1=O)NCC(O)c1cc2ccccc2s1.I. The molecule has 1 amide bonds. The molecule has 1 aromatic heterocycles. The van der Waals surface area contributed by atoms with Gasteiger partial charge in [0.05, 0.1) is 0 Å². The number of fused-ring (bicyclic) bond motifs is 1. The first kappa shape index (κ1) is 24.5. The van der Waals surface area contributed by atoms with Gasteiger partial charge in [-0.05, 0) is 35.1 Å². The minimum absolute atomic E-state index is 0. The molecule has 0 radical (unpaired) electrons. The number of guanidine groups is 1. The summed E-state index contributed by atoms with van der Waals surface area (Å²) in [6, 6.07) is 18.3. The van der Waals surface area contributed by atoms with E-state index >= 15 is 0 Å². The highest BCUT2D eigenvalue weighted by Crippen LogP contribution is 2.29. The number of carbonyl (C=O) groups is 1. The molecule has 1 atom stereocenters. The van der Waals surface area contributed by atoms with Gasteiger partial charge in [0, 0.05) is 49.2 Å². The highest BCUT2D eigenvalue weighted by atomic mass is 127. The average molecular weight is 564 g/mol. The van der Waals surface area contributed by atoms with Crippen LogP contribution in [0.1, 0.15) is 34.9 Å². The molecule has 1 aliphatic heterocycles. The number of halogens is 1. The number of benzene rings is 2. The Bertz CT molecular complexity index is 1050. The molecule has 6 nitrogen and oxygen atoms in total. The van der Waals surface area contributed by atoms with Crippen LogP contribution in [0.2, 0.25) is 0 Å². The van der Waals surface area contributed by atoms with Gasteiger partial charge >= 0.3 is 0 Å². The van der Waals surface area contributed by atoms with Gasteiger partial charge < -0.3 is 20.6 Å². The van der Waals surface area contributed by atoms with Crippen molar-refractivity contribution in [3.05, 3.63) is 70.6 Å². The third-order valence-electron chi connectivity index (χ3n) is 5.56. The van der Waals surface area contributed by atoms with E-state index in [2.05, 4.69) is 39.9 Å². The Hall–Kier alpha value is -2.17. The highest BCUT2D eigenvalue weighted by Gasteiger charge is 2.21. The zero-order valence-electron chi connectivity index (χ0n) is 18.1. The summed E-state index contributed by atoms with van der Waals surface area (Å²) in [7, 11) is 1.72. The number of carbonyl (C=O) groups excluding carboxylic acids is 1. The summed E-state index contributed by atoms with van der Waals surface area (Å²) in [5, 5.41) is 18.3. The molecule has 8 heteroatoms. The van der Waals surface area contributed by atoms with Crippen molar-refractivity contribution in [1.29, 1.82) is 0 Å². The van der Waals surface area contributed by atoms with Gasteiger partial charge in [-0.2, -0.15) is 0 Å². The number of nitrogens with one attached hydrogen (secondary N) is 2. The van der Waals surface area contributed by atoms with Crippen LogP contribution in [-0.4, -0.2) is 42.0 Å². The standard InChI is InChI=1S/C24H28N4O2S.HI/c1-25-24(27-15-20(29)22-13-17-7-4-5-10-21(17)31-22)26-14-18-8-2-3-9-19(18)16-28-12-6-11-23(28)30;/h2-5,7-10,13,20,29H,6,11-12,14-16H2,1H3,(H2,25,26,27);1H. The summed E-state index contributed by atoms with van der Waals surface area (Å²) in [6.07, 6.45) is 0.987. The van der Waals surface area contributed by atoms with Gasteiger partial charge in [0.1, 0.15) is 6.10 Å². The van der Waals surface area contributed by atoms with Crippen molar-refractivity contribution in [1.82, 2.24) is 15.5 Å². The third kappa shape index (κ3) is 5.99. The number of amides is 1. The molecule has 0 aliphatic carbocycles. The number of aliphatic hydroxyl groups excluding tert-OH is 1. The van der Waals surface area contributed by atoms with Gasteiger partial charge in [0.15, 0.2) is 5.96 Å². The van der Waals surface area contributed by atoms with Gasteiger partial charge in [-0.15, -0.1) is 35.3 Å². The molecule has 170 valence electrons. The van der Waals surface area contributed by atoms with Gasteiger partial charge in [0.2, 0.25) is 5.91 Å². The third-order valence-corrected chi connectivity index (χ3v) is 6.77. The minimum atomic E-state index is -0.607. The van der Waals surface area contributed by atoms with E-state index in [0.29, 0.717) is 32.0 Å². The molecule has 3 N–H and O–H groups in total. The van der Waals surface area contributed by atoms with Crippen LogP contribution in [0.15, 0.2) is 59.6 Å². The number of rotatable bonds is 7. The van der Waals surface area contributed by atoms with Crippen molar-refractivity contribution >= 4 is 57.3 Å². The van der Waals surface area contributed by atoms with Gasteiger partial charge in [-0.25, -0.2) is 0 Å². The van der Waals surface area contributed by atoms with E-state index in [-0.39, 0.29) is 29.9 Å². The predicted molar refractivity (Wildman–Crippen MR) is 141 cm³/mol. The van der Waals surface area contributed by atoms with Crippen LogP contribution in [0.3, 0.4) is 0 Å². The Morgan fingerprint density at radius 1 is 1.16 bits per heavy atom. The molecule has 4 rings (SSSR count). The lowest BCUT2D eigenvalue weighted by Crippen LogP contribution is -2.39. The molecule has 2 heterocycles. The van der Waals surface area contributed by atoms with Crippen LogP contribution >= 0.6 is 35.3 Å². The highest BCUT2D eigenvalue weighted by molar-refractivity contribution is 14.0. The summed E-state index contributed by atoms with van der Waals surface area (Å²) < 4.78 is 1.17. The number of thiophene rings is 1. The summed E-state index contributed by atoms with van der Waals surface area (Å²) in [6.45, 7) is 2.44. The van der Waals surface area contributed by atoms with E-state index in [1.807, 2.05) is 35.2 Å². The van der Waals surface area contributed by atoms with E-state index in [9.17, 15) is 9.90 Å². The summed E-state index contributed by atoms with van der Waals surface area (Å²) >= 11 is 1.61. The van der Waals surface area contributed by atoms with Crippen molar-refractivity contribution in [2.75, 3.05) is 20.1 Å². The second-order valence-electron chi connectivity index (χ2n) is 7.70. The Morgan fingerprint density at radius 3 is 2.62 bits per heavy atom. The number of hydrogen-bond donors (Lipinski definition) is 3. The number of aliphatic imine (C=N–C) groups is 1. The van der Waals surface area contributed by atoms with E-state index in [0.717, 1.165) is 34.4 Å². The van der Waals surface area contributed by atoms with Crippen LogP contribution in [0, 0.1) is 0 Å². The van der Waals surface area contributed by atoms with E-state index < -0.39 is 6.10 Å². The summed E-state index contributed by atoms with van der Waals surface area (Å²) in [5.74, 6) is 0.864. The van der Waals surface area contributed by atoms with Crippen LogP contribution in [-0.2, 0) is 17.9 Å². The first-order chi connectivity index (χ1) is 15.1. The average Bonchev–Trinajstić information content (AvgIpc) is 3.41. The fourth-order valence-corrected chi connectivity index (χ4v) is 4.87. The smallest absolute Gasteiger partial charge is 0.222 e. The molecule has 0 bridgehead atoms. The van der Waals surface area contributed by atoms with Gasteiger partial charge in [-0.1, -0.05) is 42.5 Å². The minimum Gasteiger partial charge on any atom is -0.386 e. The van der Waals surface area contributed by atoms with Crippen LogP contribution in [0.4, 0.5) is 0 Å². The molecule has 0 saturated carbocycles. The summed E-state index contributed by atoms with van der Waals surface area (Å²) in [4.78, 5) is 19.1. The van der Waals surface area contributed by atoms with E-state index in [1.54, 1.807) is 18.4 Å². The lowest BCUT2D eigenvalue weighted by atomic mass is 10.1. The maximum absolute atomic E-state index is 12.0. The van der Waals surface area contributed by atoms with Crippen molar-refractivity contribution in [2.45, 2.75) is 32.0 Å². The number of likely N-dealkylation sites (tertiary alicyclic amines) is 1. The molecule has 1 fully saturated rings. The molecule has 1 saturated heterocycles. The number of aliphatic hydroxyl groups is 1. The second-order valence-corrected chi connectivity index (χ2v) is 8.81. The fraction of sp³-hybridized carbons (Fsp3) is 0.333. The first-order valence-corrected chi connectivity index (χ1v) is 11.4. The van der Waals surface area contributed by atoms with Crippen LogP contribution < -0.4 is 10.6 Å². The molecule has 3 aromatic rings. The monoisotopic (exact) mass is 564 g/mol. The molecule has 1 unspecified atom stereocenters. The molecule has 2 aromatic carbocycles. The second kappa shape index (κ2) is 11.6. The Balaban J connectivity index is 0.00000289. The molecule has 1 aliphatic rings. The lowest BCUT2D eigenvalue weighted by molar-refractivity contribution is -0.128. The maximum atomic E-state index is 12.0. The quantitative estimate of drug-likeness (QED) is 0.230. The summed E-state index contributed by atoms with van der Waals surface area (Å²) in [5.41, 5.74) is 2.28. The molecule has 0 spiro atoms. The zero-order chi connectivity index (χ0) is 21.6. The maximum Gasteiger partial charge on any atom is 0.222 e.